The molecular formula is C13H14N2O3. The van der Waals surface area contributed by atoms with Gasteiger partial charge in [0.25, 0.3) is 0 Å². The fraction of sp³-hybridized carbons (Fsp3) is 0.231. The van der Waals surface area contributed by atoms with Gasteiger partial charge in [-0.2, -0.15) is 0 Å². The number of ether oxygens (including phenoxy) is 1. The molecule has 0 fully saturated rings. The topological polar surface area (TPSA) is 64.3 Å². The molecule has 18 heavy (non-hydrogen) atoms. The first kappa shape index (κ1) is 12.2. The molecule has 0 unspecified atom stereocenters. The van der Waals surface area contributed by atoms with Crippen LogP contribution in [-0.4, -0.2) is 27.7 Å². The van der Waals surface area contributed by atoms with E-state index in [4.69, 9.17) is 9.84 Å². The third-order valence-corrected chi connectivity index (χ3v) is 2.65. The first-order chi connectivity index (χ1) is 8.60. The molecule has 1 aromatic heterocycles. The zero-order valence-electron chi connectivity index (χ0n) is 10.3. The van der Waals surface area contributed by atoms with Gasteiger partial charge < -0.3 is 14.4 Å². The fourth-order valence-corrected chi connectivity index (χ4v) is 1.76. The van der Waals surface area contributed by atoms with Gasteiger partial charge in [0, 0.05) is 11.8 Å². The number of aryl methyl sites for hydroxylation is 1. The Morgan fingerprint density at radius 3 is 2.83 bits per heavy atom. The summed E-state index contributed by atoms with van der Waals surface area (Å²) in [6, 6.07) is 4.86. The van der Waals surface area contributed by atoms with Crippen LogP contribution in [0.15, 0.2) is 30.7 Å². The van der Waals surface area contributed by atoms with Gasteiger partial charge in [0.1, 0.15) is 5.75 Å². The lowest BCUT2D eigenvalue weighted by molar-refractivity contribution is 0.0696. The van der Waals surface area contributed by atoms with Crippen molar-refractivity contribution in [3.8, 4) is 5.75 Å². The van der Waals surface area contributed by atoms with Crippen molar-refractivity contribution in [2.75, 3.05) is 7.11 Å². The highest BCUT2D eigenvalue weighted by atomic mass is 16.5. The zero-order chi connectivity index (χ0) is 13.1. The predicted molar refractivity (Wildman–Crippen MR) is 66.0 cm³/mol. The van der Waals surface area contributed by atoms with E-state index < -0.39 is 5.97 Å². The van der Waals surface area contributed by atoms with Crippen molar-refractivity contribution in [2.24, 2.45) is 0 Å². The molecule has 0 amide bonds. The van der Waals surface area contributed by atoms with Crippen LogP contribution >= 0.6 is 0 Å². The van der Waals surface area contributed by atoms with Crippen molar-refractivity contribution in [2.45, 2.75) is 13.5 Å². The number of aromatic nitrogens is 2. The van der Waals surface area contributed by atoms with Crippen molar-refractivity contribution in [1.29, 1.82) is 0 Å². The molecule has 0 aliphatic rings. The molecule has 1 N–H and O–H groups in total. The smallest absolute Gasteiger partial charge is 0.335 e. The highest BCUT2D eigenvalue weighted by Gasteiger charge is 2.09. The van der Waals surface area contributed by atoms with Crippen LogP contribution in [-0.2, 0) is 6.54 Å². The normalized spacial score (nSPS) is 10.3. The maximum Gasteiger partial charge on any atom is 0.335 e. The van der Waals surface area contributed by atoms with Crippen LogP contribution in [0.3, 0.4) is 0 Å². The number of imidazole rings is 1. The van der Waals surface area contributed by atoms with E-state index in [0.29, 0.717) is 12.3 Å². The summed E-state index contributed by atoms with van der Waals surface area (Å²) in [4.78, 5) is 15.0. The monoisotopic (exact) mass is 246 g/mol. The molecule has 5 heteroatoms. The molecule has 0 saturated carbocycles. The van der Waals surface area contributed by atoms with Gasteiger partial charge in [-0.3, -0.25) is 0 Å². The highest BCUT2D eigenvalue weighted by molar-refractivity contribution is 5.88. The quantitative estimate of drug-likeness (QED) is 0.895. The Kier molecular flexibility index (Phi) is 3.32. The van der Waals surface area contributed by atoms with Crippen molar-refractivity contribution < 1.29 is 14.6 Å². The van der Waals surface area contributed by atoms with Gasteiger partial charge >= 0.3 is 5.97 Å². The maximum absolute atomic E-state index is 10.9. The van der Waals surface area contributed by atoms with Gasteiger partial charge in [-0.25, -0.2) is 9.78 Å². The summed E-state index contributed by atoms with van der Waals surface area (Å²) in [7, 11) is 1.53. The van der Waals surface area contributed by atoms with E-state index in [2.05, 4.69) is 4.98 Å². The molecule has 0 spiro atoms. The lowest BCUT2D eigenvalue weighted by Gasteiger charge is -2.09. The maximum atomic E-state index is 10.9. The van der Waals surface area contributed by atoms with Crippen molar-refractivity contribution in [3.63, 3.8) is 0 Å². The molecule has 0 aliphatic carbocycles. The minimum Gasteiger partial charge on any atom is -0.496 e. The summed E-state index contributed by atoms with van der Waals surface area (Å²) in [6.07, 6.45) is 3.66. The molecule has 0 saturated heterocycles. The number of aromatic carboxylic acids is 1. The fourth-order valence-electron chi connectivity index (χ4n) is 1.76. The second kappa shape index (κ2) is 4.91. The van der Waals surface area contributed by atoms with Crippen molar-refractivity contribution in [1.82, 2.24) is 9.55 Å². The largest absolute Gasteiger partial charge is 0.496 e. The van der Waals surface area contributed by atoms with Gasteiger partial charge in [-0.1, -0.05) is 6.07 Å². The molecule has 2 aromatic rings. The van der Waals surface area contributed by atoms with Crippen molar-refractivity contribution >= 4 is 5.97 Å². The Bertz CT molecular complexity index is 575. The van der Waals surface area contributed by atoms with Gasteiger partial charge in [0.15, 0.2) is 0 Å². The Balaban J connectivity index is 2.30. The van der Waals surface area contributed by atoms with Crippen LogP contribution in [0.25, 0.3) is 0 Å². The van der Waals surface area contributed by atoms with Crippen LogP contribution in [0.5, 0.6) is 5.75 Å². The third kappa shape index (κ3) is 2.51. The summed E-state index contributed by atoms with van der Waals surface area (Å²) in [5.41, 5.74) is 2.08. The lowest BCUT2D eigenvalue weighted by atomic mass is 10.1. The summed E-state index contributed by atoms with van der Waals surface area (Å²) < 4.78 is 7.14. The minimum absolute atomic E-state index is 0.220. The van der Waals surface area contributed by atoms with Crippen LogP contribution in [0, 0.1) is 6.92 Å². The standard InChI is InChI=1S/C13H14N2O3/c1-9-6-15(8-14-9)7-11-4-3-10(13(16)17)5-12(11)18-2/h3-6,8H,7H2,1-2H3,(H,16,17). The molecule has 2 rings (SSSR count). The van der Waals surface area contributed by atoms with E-state index in [0.717, 1.165) is 11.3 Å². The molecule has 0 atom stereocenters. The molecule has 0 aliphatic heterocycles. The number of nitrogens with zero attached hydrogens (tertiary/aromatic N) is 2. The highest BCUT2D eigenvalue weighted by Crippen LogP contribution is 2.21. The summed E-state index contributed by atoms with van der Waals surface area (Å²) in [5, 5.41) is 8.92. The van der Waals surface area contributed by atoms with Gasteiger partial charge in [0.05, 0.1) is 31.2 Å². The number of hydrogen-bond donors (Lipinski definition) is 1. The number of hydrogen-bond acceptors (Lipinski definition) is 3. The lowest BCUT2D eigenvalue weighted by Crippen LogP contribution is -2.02. The van der Waals surface area contributed by atoms with Crippen LogP contribution in [0.4, 0.5) is 0 Å². The van der Waals surface area contributed by atoms with Gasteiger partial charge in [-0.15, -0.1) is 0 Å². The average Bonchev–Trinajstić information content (AvgIpc) is 2.75. The SMILES string of the molecule is COc1cc(C(=O)O)ccc1Cn1cnc(C)c1. The Labute approximate surface area is 105 Å². The molecule has 0 radical (unpaired) electrons. The Morgan fingerprint density at radius 2 is 2.28 bits per heavy atom. The number of carboxylic acid groups (broad SMARTS) is 1. The summed E-state index contributed by atoms with van der Waals surface area (Å²) in [6.45, 7) is 2.52. The number of rotatable bonds is 4. The van der Waals surface area contributed by atoms with E-state index in [9.17, 15) is 4.79 Å². The molecule has 5 nitrogen and oxygen atoms in total. The molecule has 0 bridgehead atoms. The van der Waals surface area contributed by atoms with Crippen LogP contribution < -0.4 is 4.74 Å². The molecule has 1 heterocycles. The molecular weight excluding hydrogens is 232 g/mol. The average molecular weight is 246 g/mol. The first-order valence-corrected chi connectivity index (χ1v) is 5.48. The molecule has 94 valence electrons. The Morgan fingerprint density at radius 1 is 1.50 bits per heavy atom. The van der Waals surface area contributed by atoms with Crippen LogP contribution in [0.2, 0.25) is 0 Å². The second-order valence-corrected chi connectivity index (χ2v) is 4.02. The first-order valence-electron chi connectivity index (χ1n) is 5.48. The minimum atomic E-state index is -0.960. The Hall–Kier alpha value is -2.30. The van der Waals surface area contributed by atoms with Crippen molar-refractivity contribution in [3.05, 3.63) is 47.5 Å². The summed E-state index contributed by atoms with van der Waals surface area (Å²) >= 11 is 0. The number of methoxy groups -OCH3 is 1. The van der Waals surface area contributed by atoms with E-state index in [1.165, 1.54) is 13.2 Å². The van der Waals surface area contributed by atoms with E-state index in [1.54, 1.807) is 18.5 Å². The second-order valence-electron chi connectivity index (χ2n) is 4.02. The molecule has 1 aromatic carbocycles. The van der Waals surface area contributed by atoms with Gasteiger partial charge in [0.2, 0.25) is 0 Å². The number of carbonyl (C=O) groups is 1. The van der Waals surface area contributed by atoms with E-state index in [1.807, 2.05) is 17.7 Å². The van der Waals surface area contributed by atoms with Gasteiger partial charge in [-0.05, 0) is 19.1 Å². The predicted octanol–water partition coefficient (Wildman–Crippen LogP) is 1.95. The number of benzene rings is 1. The number of carboxylic acids is 1. The summed E-state index contributed by atoms with van der Waals surface area (Å²) in [5.74, 6) is -0.389. The third-order valence-electron chi connectivity index (χ3n) is 2.65. The van der Waals surface area contributed by atoms with E-state index in [-0.39, 0.29) is 5.56 Å². The van der Waals surface area contributed by atoms with Crippen LogP contribution in [0.1, 0.15) is 21.6 Å². The zero-order valence-corrected chi connectivity index (χ0v) is 10.3. The van der Waals surface area contributed by atoms with E-state index >= 15 is 0 Å².